The average Bonchev–Trinajstić information content (AvgIpc) is 2.32. The second kappa shape index (κ2) is 6.55. The molecule has 1 atom stereocenters. The molecule has 0 bridgehead atoms. The van der Waals surface area contributed by atoms with E-state index < -0.39 is 0 Å². The van der Waals surface area contributed by atoms with Crippen molar-refractivity contribution in [2.45, 2.75) is 26.3 Å². The third-order valence-electron chi connectivity index (χ3n) is 3.38. The van der Waals surface area contributed by atoms with E-state index in [0.717, 1.165) is 10.2 Å². The molecule has 0 radical (unpaired) electrons. The van der Waals surface area contributed by atoms with Crippen molar-refractivity contribution in [3.8, 4) is 0 Å². The summed E-state index contributed by atoms with van der Waals surface area (Å²) in [6, 6.07) is 6.24. The molecule has 0 amide bonds. The van der Waals surface area contributed by atoms with E-state index in [-0.39, 0.29) is 5.54 Å². The van der Waals surface area contributed by atoms with Crippen LogP contribution in [-0.2, 0) is 4.74 Å². The highest BCUT2D eigenvalue weighted by Gasteiger charge is 2.32. The molecular formula is C14H23BrN2O. The summed E-state index contributed by atoms with van der Waals surface area (Å²) in [4.78, 5) is 0. The Morgan fingerprint density at radius 1 is 1.44 bits per heavy atom. The summed E-state index contributed by atoms with van der Waals surface area (Å²) in [6.45, 7) is 7.50. The van der Waals surface area contributed by atoms with Gasteiger partial charge in [-0.25, -0.2) is 0 Å². The van der Waals surface area contributed by atoms with Crippen molar-refractivity contribution in [3.05, 3.63) is 28.2 Å². The molecule has 102 valence electrons. The molecule has 1 aromatic carbocycles. The maximum absolute atomic E-state index is 5.97. The number of benzene rings is 1. The number of halogens is 1. The molecule has 1 aromatic rings. The number of nitrogens with one attached hydrogen (secondary N) is 1. The predicted octanol–water partition coefficient (Wildman–Crippen LogP) is 3.17. The lowest BCUT2D eigenvalue weighted by atomic mass is 9.86. The Morgan fingerprint density at radius 3 is 2.61 bits per heavy atom. The van der Waals surface area contributed by atoms with E-state index in [9.17, 15) is 0 Å². The van der Waals surface area contributed by atoms with Gasteiger partial charge in [0.25, 0.3) is 0 Å². The van der Waals surface area contributed by atoms with Crippen LogP contribution in [0.5, 0.6) is 0 Å². The summed E-state index contributed by atoms with van der Waals surface area (Å²) in [5.74, 6) is 0.370. The van der Waals surface area contributed by atoms with Crippen LogP contribution in [0.2, 0.25) is 0 Å². The summed E-state index contributed by atoms with van der Waals surface area (Å²) < 4.78 is 6.39. The molecule has 18 heavy (non-hydrogen) atoms. The van der Waals surface area contributed by atoms with Crippen LogP contribution in [0.25, 0.3) is 0 Å². The first-order chi connectivity index (χ1) is 8.45. The zero-order valence-electron chi connectivity index (χ0n) is 11.6. The fourth-order valence-corrected chi connectivity index (χ4v) is 2.30. The first-order valence-corrected chi connectivity index (χ1v) is 6.98. The van der Waals surface area contributed by atoms with Crippen molar-refractivity contribution in [1.82, 2.24) is 0 Å². The van der Waals surface area contributed by atoms with Crippen LogP contribution < -0.4 is 11.1 Å². The Balaban J connectivity index is 3.05. The van der Waals surface area contributed by atoms with Gasteiger partial charge < -0.3 is 15.8 Å². The van der Waals surface area contributed by atoms with Gasteiger partial charge in [-0.15, -0.1) is 0 Å². The number of hydrogen-bond acceptors (Lipinski definition) is 3. The maximum Gasteiger partial charge on any atom is 0.0751 e. The highest BCUT2D eigenvalue weighted by atomic mass is 79.9. The average molecular weight is 315 g/mol. The summed E-state index contributed by atoms with van der Waals surface area (Å²) >= 11 is 3.57. The van der Waals surface area contributed by atoms with Gasteiger partial charge in [0.1, 0.15) is 0 Å². The molecule has 0 fully saturated rings. The highest BCUT2D eigenvalue weighted by molar-refractivity contribution is 9.10. The Labute approximate surface area is 118 Å². The van der Waals surface area contributed by atoms with Crippen LogP contribution in [0.1, 0.15) is 19.4 Å². The smallest absolute Gasteiger partial charge is 0.0751 e. The minimum Gasteiger partial charge on any atom is -0.382 e. The van der Waals surface area contributed by atoms with Crippen molar-refractivity contribution in [3.63, 3.8) is 0 Å². The summed E-state index contributed by atoms with van der Waals surface area (Å²) in [5, 5.41) is 3.55. The molecule has 1 rings (SSSR count). The van der Waals surface area contributed by atoms with Crippen LogP contribution >= 0.6 is 15.9 Å². The van der Waals surface area contributed by atoms with E-state index in [1.165, 1.54) is 5.56 Å². The van der Waals surface area contributed by atoms with Gasteiger partial charge in [-0.2, -0.15) is 0 Å². The topological polar surface area (TPSA) is 47.3 Å². The van der Waals surface area contributed by atoms with Crippen LogP contribution in [0, 0.1) is 12.8 Å². The molecule has 0 saturated heterocycles. The zero-order chi connectivity index (χ0) is 13.8. The van der Waals surface area contributed by atoms with Gasteiger partial charge in [-0.3, -0.25) is 0 Å². The lowest BCUT2D eigenvalue weighted by Crippen LogP contribution is -2.53. The molecule has 0 heterocycles. The van der Waals surface area contributed by atoms with E-state index in [4.69, 9.17) is 10.5 Å². The second-order valence-electron chi connectivity index (χ2n) is 5.06. The number of aryl methyl sites for hydroxylation is 1. The molecule has 0 aliphatic rings. The maximum atomic E-state index is 5.97. The normalized spacial score (nSPS) is 14.6. The quantitative estimate of drug-likeness (QED) is 0.848. The molecule has 0 saturated carbocycles. The van der Waals surface area contributed by atoms with Crippen molar-refractivity contribution in [1.29, 1.82) is 0 Å². The minimum absolute atomic E-state index is 0.245. The SMILES string of the molecule is COCC(CN)(Nc1cc(C)ccc1Br)C(C)C. The van der Waals surface area contributed by atoms with Crippen LogP contribution in [-0.4, -0.2) is 25.8 Å². The molecule has 3 nitrogen and oxygen atoms in total. The van der Waals surface area contributed by atoms with Crippen LogP contribution in [0.3, 0.4) is 0 Å². The van der Waals surface area contributed by atoms with Crippen LogP contribution in [0.4, 0.5) is 5.69 Å². The second-order valence-corrected chi connectivity index (χ2v) is 5.91. The van der Waals surface area contributed by atoms with Gasteiger partial charge in [-0.1, -0.05) is 19.9 Å². The minimum atomic E-state index is -0.245. The van der Waals surface area contributed by atoms with Gasteiger partial charge in [-0.05, 0) is 46.5 Å². The number of nitrogens with two attached hydrogens (primary N) is 1. The van der Waals surface area contributed by atoms with E-state index >= 15 is 0 Å². The summed E-state index contributed by atoms with van der Waals surface area (Å²) in [6.07, 6.45) is 0. The summed E-state index contributed by atoms with van der Waals surface area (Å²) in [7, 11) is 1.71. The molecule has 0 aliphatic carbocycles. The Hall–Kier alpha value is -0.580. The summed E-state index contributed by atoms with van der Waals surface area (Å²) in [5.41, 5.74) is 8.00. The van der Waals surface area contributed by atoms with Gasteiger partial charge in [0.05, 0.1) is 12.1 Å². The predicted molar refractivity (Wildman–Crippen MR) is 81.0 cm³/mol. The fourth-order valence-electron chi connectivity index (χ4n) is 1.95. The third kappa shape index (κ3) is 3.46. The highest BCUT2D eigenvalue weighted by Crippen LogP contribution is 2.29. The Morgan fingerprint density at radius 2 is 2.11 bits per heavy atom. The molecular weight excluding hydrogens is 292 g/mol. The zero-order valence-corrected chi connectivity index (χ0v) is 13.2. The first-order valence-electron chi connectivity index (χ1n) is 6.18. The molecule has 1 unspecified atom stereocenters. The van der Waals surface area contributed by atoms with Gasteiger partial charge in [0, 0.05) is 23.8 Å². The number of anilines is 1. The molecule has 0 aliphatic heterocycles. The van der Waals surface area contributed by atoms with Gasteiger partial charge in [0.2, 0.25) is 0 Å². The van der Waals surface area contributed by atoms with Crippen molar-refractivity contribution >= 4 is 21.6 Å². The lowest BCUT2D eigenvalue weighted by Gasteiger charge is -2.38. The number of rotatable bonds is 6. The Bertz CT molecular complexity index is 395. The van der Waals surface area contributed by atoms with Gasteiger partial charge >= 0.3 is 0 Å². The van der Waals surface area contributed by atoms with E-state index in [1.807, 2.05) is 6.07 Å². The standard InChI is InChI=1S/C14H23BrN2O/c1-10(2)14(8-16,9-18-4)17-13-7-11(3)5-6-12(13)15/h5-7,10,17H,8-9,16H2,1-4H3. The van der Waals surface area contributed by atoms with Crippen LogP contribution in [0.15, 0.2) is 22.7 Å². The number of methoxy groups -OCH3 is 1. The van der Waals surface area contributed by atoms with E-state index in [2.05, 4.69) is 54.2 Å². The molecule has 3 N–H and O–H groups in total. The third-order valence-corrected chi connectivity index (χ3v) is 4.07. The van der Waals surface area contributed by atoms with Crippen molar-refractivity contribution in [2.75, 3.05) is 25.6 Å². The van der Waals surface area contributed by atoms with Crippen molar-refractivity contribution in [2.24, 2.45) is 11.7 Å². The van der Waals surface area contributed by atoms with E-state index in [1.54, 1.807) is 7.11 Å². The molecule has 0 aromatic heterocycles. The largest absolute Gasteiger partial charge is 0.382 e. The van der Waals surface area contributed by atoms with E-state index in [0.29, 0.717) is 19.1 Å². The number of ether oxygens (including phenoxy) is 1. The number of hydrogen-bond donors (Lipinski definition) is 2. The molecule has 4 heteroatoms. The van der Waals surface area contributed by atoms with Gasteiger partial charge in [0.15, 0.2) is 0 Å². The first kappa shape index (κ1) is 15.5. The van der Waals surface area contributed by atoms with Crippen molar-refractivity contribution < 1.29 is 4.74 Å². The fraction of sp³-hybridized carbons (Fsp3) is 0.571. The Kier molecular flexibility index (Phi) is 5.63. The lowest BCUT2D eigenvalue weighted by molar-refractivity contribution is 0.121. The monoisotopic (exact) mass is 314 g/mol. The molecule has 0 spiro atoms.